The first kappa shape index (κ1) is 15.9. The van der Waals surface area contributed by atoms with Gasteiger partial charge in [-0.2, -0.15) is 5.10 Å². The van der Waals surface area contributed by atoms with Crippen molar-refractivity contribution in [2.24, 2.45) is 0 Å². The van der Waals surface area contributed by atoms with Crippen LogP contribution in [-0.2, 0) is 19.5 Å². The van der Waals surface area contributed by atoms with Crippen LogP contribution >= 0.6 is 0 Å². The van der Waals surface area contributed by atoms with Crippen molar-refractivity contribution in [3.8, 4) is 0 Å². The molecule has 2 N–H and O–H groups in total. The number of H-pyrrole nitrogens is 1. The smallest absolute Gasteiger partial charge is 0.342 e. The summed E-state index contributed by atoms with van der Waals surface area (Å²) < 4.78 is 37.3. The van der Waals surface area contributed by atoms with Gasteiger partial charge in [0.15, 0.2) is 5.03 Å². The fraction of sp³-hybridized carbons (Fsp3) is 0.667. The van der Waals surface area contributed by atoms with E-state index in [2.05, 4.69) is 14.9 Å². The second-order valence-corrected chi connectivity index (χ2v) is 6.47. The Bertz CT molecular complexity index is 598. The van der Waals surface area contributed by atoms with Gasteiger partial charge in [0.2, 0.25) is 0 Å². The van der Waals surface area contributed by atoms with Crippen LogP contribution < -0.4 is 4.72 Å². The molecule has 0 saturated heterocycles. The van der Waals surface area contributed by atoms with Crippen LogP contribution in [0, 0.1) is 0 Å². The van der Waals surface area contributed by atoms with Crippen molar-refractivity contribution in [3.05, 3.63) is 11.8 Å². The summed E-state index contributed by atoms with van der Waals surface area (Å²) in [5, 5.41) is 5.72. The Morgan fingerprint density at radius 2 is 2.29 bits per heavy atom. The average Bonchev–Trinajstić information content (AvgIpc) is 3.06. The van der Waals surface area contributed by atoms with Crippen LogP contribution in [0.4, 0.5) is 0 Å². The van der Waals surface area contributed by atoms with Gasteiger partial charge in [0.05, 0.1) is 18.9 Å². The first-order chi connectivity index (χ1) is 9.97. The zero-order valence-electron chi connectivity index (χ0n) is 12.0. The summed E-state index contributed by atoms with van der Waals surface area (Å²) >= 11 is 0. The molecule has 118 valence electrons. The monoisotopic (exact) mass is 317 g/mol. The highest BCUT2D eigenvalue weighted by Gasteiger charge is 2.32. The van der Waals surface area contributed by atoms with Crippen molar-refractivity contribution in [2.75, 3.05) is 13.7 Å². The van der Waals surface area contributed by atoms with Gasteiger partial charge in [-0.3, -0.25) is 5.10 Å². The Labute approximate surface area is 123 Å². The molecule has 2 atom stereocenters. The highest BCUT2D eigenvalue weighted by Crippen LogP contribution is 2.23. The lowest BCUT2D eigenvalue weighted by Gasteiger charge is -2.13. The lowest BCUT2D eigenvalue weighted by Crippen LogP contribution is -2.34. The average molecular weight is 317 g/mol. The molecule has 1 aromatic heterocycles. The minimum atomic E-state index is -3.85. The Balaban J connectivity index is 2.13. The third-order valence-corrected chi connectivity index (χ3v) is 4.90. The molecule has 0 bridgehead atoms. The molecule has 0 radical (unpaired) electrons. The molecule has 1 fully saturated rings. The summed E-state index contributed by atoms with van der Waals surface area (Å²) in [6.45, 7) is 1.81. The van der Waals surface area contributed by atoms with Gasteiger partial charge < -0.3 is 9.47 Å². The van der Waals surface area contributed by atoms with Crippen molar-refractivity contribution >= 4 is 16.0 Å². The quantitative estimate of drug-likeness (QED) is 0.736. The molecule has 21 heavy (non-hydrogen) atoms. The highest BCUT2D eigenvalue weighted by atomic mass is 32.2. The normalized spacial score (nSPS) is 22.4. The van der Waals surface area contributed by atoms with Gasteiger partial charge >= 0.3 is 5.97 Å². The maximum atomic E-state index is 12.3. The van der Waals surface area contributed by atoms with Crippen molar-refractivity contribution in [3.63, 3.8) is 0 Å². The Morgan fingerprint density at radius 3 is 2.90 bits per heavy atom. The molecule has 0 aliphatic heterocycles. The number of carbonyl (C=O) groups excluding carboxylic acids is 1. The molecule has 1 saturated carbocycles. The molecule has 1 heterocycles. The summed E-state index contributed by atoms with van der Waals surface area (Å²) in [5.74, 6) is -0.715. The van der Waals surface area contributed by atoms with E-state index in [1.165, 1.54) is 0 Å². The molecule has 0 amide bonds. The van der Waals surface area contributed by atoms with Crippen molar-refractivity contribution in [1.82, 2.24) is 14.9 Å². The number of hydrogen-bond donors (Lipinski definition) is 2. The van der Waals surface area contributed by atoms with Crippen LogP contribution in [0.15, 0.2) is 11.2 Å². The number of nitrogens with one attached hydrogen (secondary N) is 2. The van der Waals surface area contributed by atoms with Crippen molar-refractivity contribution < 1.29 is 22.7 Å². The van der Waals surface area contributed by atoms with Crippen molar-refractivity contribution in [2.45, 2.75) is 43.4 Å². The zero-order chi connectivity index (χ0) is 15.5. The SMILES string of the molecule is CCOC(=O)c1cn[nH]c1S(=O)(=O)NC1CCC(OC)C1. The third-order valence-electron chi connectivity index (χ3n) is 3.41. The standard InChI is InChI=1S/C12H19N3O5S/c1-3-20-12(16)10-7-13-14-11(10)21(17,18)15-8-4-5-9(6-8)19-2/h7-9,15H,3-6H2,1-2H3,(H,13,14). The number of methoxy groups -OCH3 is 1. The molecule has 1 aliphatic rings. The number of rotatable bonds is 6. The number of carbonyl (C=O) groups is 1. The minimum absolute atomic E-state index is 0.0593. The number of esters is 1. The van der Waals surface area contributed by atoms with Crippen LogP contribution in [0.25, 0.3) is 0 Å². The van der Waals surface area contributed by atoms with Crippen LogP contribution in [0.2, 0.25) is 0 Å². The maximum absolute atomic E-state index is 12.3. The van der Waals surface area contributed by atoms with Crippen LogP contribution in [0.3, 0.4) is 0 Å². The topological polar surface area (TPSA) is 110 Å². The number of ether oxygens (including phenoxy) is 2. The van der Waals surface area contributed by atoms with Gasteiger partial charge in [-0.05, 0) is 26.2 Å². The number of aromatic amines is 1. The van der Waals surface area contributed by atoms with Gasteiger partial charge in [-0.15, -0.1) is 0 Å². The molecule has 2 unspecified atom stereocenters. The lowest BCUT2D eigenvalue weighted by atomic mass is 10.3. The van der Waals surface area contributed by atoms with E-state index in [1.807, 2.05) is 0 Å². The number of nitrogens with zero attached hydrogens (tertiary/aromatic N) is 1. The molecular formula is C12H19N3O5S. The molecular weight excluding hydrogens is 298 g/mol. The summed E-state index contributed by atoms with van der Waals surface area (Å²) in [5.41, 5.74) is -0.0920. The van der Waals surface area contributed by atoms with Gasteiger partial charge in [0.25, 0.3) is 10.0 Å². The van der Waals surface area contributed by atoms with E-state index in [0.717, 1.165) is 12.6 Å². The fourth-order valence-corrected chi connectivity index (χ4v) is 3.74. The fourth-order valence-electron chi connectivity index (χ4n) is 2.37. The van der Waals surface area contributed by atoms with Gasteiger partial charge in [0, 0.05) is 13.2 Å². The Kier molecular flexibility index (Phi) is 4.96. The third kappa shape index (κ3) is 3.60. The van der Waals surface area contributed by atoms with Gasteiger partial charge in [-0.25, -0.2) is 17.9 Å². The first-order valence-electron chi connectivity index (χ1n) is 6.73. The summed E-state index contributed by atoms with van der Waals surface area (Å²) in [6, 6.07) is -0.210. The summed E-state index contributed by atoms with van der Waals surface area (Å²) in [4.78, 5) is 11.7. The van der Waals surface area contributed by atoms with E-state index in [4.69, 9.17) is 9.47 Å². The second kappa shape index (κ2) is 6.54. The van der Waals surface area contributed by atoms with Gasteiger partial charge in [-0.1, -0.05) is 0 Å². The molecule has 8 nitrogen and oxygen atoms in total. The van der Waals surface area contributed by atoms with Gasteiger partial charge in [0.1, 0.15) is 5.56 Å². The zero-order valence-corrected chi connectivity index (χ0v) is 12.8. The van der Waals surface area contributed by atoms with E-state index in [1.54, 1.807) is 14.0 Å². The number of hydrogen-bond acceptors (Lipinski definition) is 6. The van der Waals surface area contributed by atoms with E-state index < -0.39 is 16.0 Å². The first-order valence-corrected chi connectivity index (χ1v) is 8.21. The lowest BCUT2D eigenvalue weighted by molar-refractivity contribution is 0.0521. The van der Waals surface area contributed by atoms with Crippen LogP contribution in [-0.4, -0.2) is 50.4 Å². The predicted molar refractivity (Wildman–Crippen MR) is 73.3 cm³/mol. The van der Waals surface area contributed by atoms with Crippen molar-refractivity contribution in [1.29, 1.82) is 0 Å². The number of sulfonamides is 1. The summed E-state index contributed by atoms with van der Waals surface area (Å²) in [7, 11) is -2.24. The molecule has 0 spiro atoms. The van der Waals surface area contributed by atoms with Crippen LogP contribution in [0.1, 0.15) is 36.5 Å². The molecule has 2 rings (SSSR count). The minimum Gasteiger partial charge on any atom is -0.462 e. The maximum Gasteiger partial charge on any atom is 0.342 e. The van der Waals surface area contributed by atoms with E-state index >= 15 is 0 Å². The second-order valence-electron chi connectivity index (χ2n) is 4.82. The molecule has 0 aromatic carbocycles. The van der Waals surface area contributed by atoms with E-state index in [0.29, 0.717) is 12.8 Å². The predicted octanol–water partition coefficient (Wildman–Crippen LogP) is 0.432. The molecule has 9 heteroatoms. The Hall–Kier alpha value is -1.45. The molecule has 1 aromatic rings. The summed E-state index contributed by atoms with van der Waals surface area (Å²) in [6.07, 6.45) is 3.32. The van der Waals surface area contributed by atoms with E-state index in [-0.39, 0.29) is 29.3 Å². The van der Waals surface area contributed by atoms with Crippen LogP contribution in [0.5, 0.6) is 0 Å². The Morgan fingerprint density at radius 1 is 1.52 bits per heavy atom. The highest BCUT2D eigenvalue weighted by molar-refractivity contribution is 7.89. The number of aromatic nitrogens is 2. The largest absolute Gasteiger partial charge is 0.462 e. The van der Waals surface area contributed by atoms with E-state index in [9.17, 15) is 13.2 Å². The molecule has 1 aliphatic carbocycles.